The van der Waals surface area contributed by atoms with Crippen molar-refractivity contribution in [2.45, 2.75) is 51.1 Å². The highest BCUT2D eigenvalue weighted by Crippen LogP contribution is 2.24. The van der Waals surface area contributed by atoms with E-state index < -0.39 is 24.5 Å². The fraction of sp³-hybridized carbons (Fsp3) is 0.370. The number of aliphatic hydroxyl groups excluding tert-OH is 1. The van der Waals surface area contributed by atoms with Crippen LogP contribution in [0.4, 0.5) is 13.2 Å². The molecule has 1 fully saturated rings. The lowest BCUT2D eigenvalue weighted by Gasteiger charge is -2.21. The van der Waals surface area contributed by atoms with Gasteiger partial charge in [0.25, 0.3) is 5.91 Å². The molecule has 2 aromatic heterocycles. The first-order valence-corrected chi connectivity index (χ1v) is 13.5. The van der Waals surface area contributed by atoms with Crippen LogP contribution in [-0.4, -0.2) is 70.4 Å². The van der Waals surface area contributed by atoms with Gasteiger partial charge >= 0.3 is 11.9 Å². The van der Waals surface area contributed by atoms with Gasteiger partial charge in [0.15, 0.2) is 17.8 Å². The number of halogens is 4. The average Bonchev–Trinajstić information content (AvgIpc) is 3.41. The quantitative estimate of drug-likeness (QED) is 0.350. The predicted octanol–water partition coefficient (Wildman–Crippen LogP) is 3.93. The lowest BCUT2D eigenvalue weighted by molar-refractivity contribution is -0.207. The minimum Gasteiger partial charge on any atom is -0.382 e. The molecule has 1 amide bonds. The maximum Gasteiger partial charge on any atom is 0.416 e. The molecule has 1 N–H and O–H groups in total. The van der Waals surface area contributed by atoms with E-state index in [1.54, 1.807) is 24.3 Å². The molecular weight excluding hydrogens is 563 g/mol. The molecule has 3 heterocycles. The third-order valence-corrected chi connectivity index (χ3v) is 7.12. The van der Waals surface area contributed by atoms with E-state index in [-0.39, 0.29) is 24.1 Å². The fourth-order valence-corrected chi connectivity index (χ4v) is 4.84. The maximum atomic E-state index is 13.3. The van der Waals surface area contributed by atoms with E-state index >= 15 is 0 Å². The van der Waals surface area contributed by atoms with Crippen molar-refractivity contribution >= 4 is 17.5 Å². The zero-order chi connectivity index (χ0) is 29.1. The number of para-hydroxylation sites is 1. The molecule has 0 bridgehead atoms. The lowest BCUT2D eigenvalue weighted by Crippen LogP contribution is -2.37. The Kier molecular flexibility index (Phi) is 8.27. The Morgan fingerprint density at radius 1 is 1.00 bits per heavy atom. The van der Waals surface area contributed by atoms with Crippen LogP contribution < -0.4 is 5.69 Å². The predicted molar refractivity (Wildman–Crippen MR) is 144 cm³/mol. The van der Waals surface area contributed by atoms with Crippen molar-refractivity contribution in [1.29, 1.82) is 0 Å². The lowest BCUT2D eigenvalue weighted by atomic mass is 10.1. The number of alkyl halides is 3. The first kappa shape index (κ1) is 28.6. The number of amides is 1. The molecule has 0 spiro atoms. The van der Waals surface area contributed by atoms with Gasteiger partial charge in [0.2, 0.25) is 0 Å². The minimum atomic E-state index is -4.93. The Morgan fingerprint density at radius 3 is 2.37 bits per heavy atom. The SMILES string of the molecule is O=C(c1ccccc1-n1cnc(Cn2nc(-c3ccc(Cl)cc3)n(C[C@H](O)C(F)(F)F)c2=O)n1)N1CCCCCC1. The number of carbonyl (C=O) groups is 1. The summed E-state index contributed by atoms with van der Waals surface area (Å²) in [6.45, 7) is 0.0542. The summed E-state index contributed by atoms with van der Waals surface area (Å²) in [6.07, 6.45) is -2.25. The average molecular weight is 590 g/mol. The summed E-state index contributed by atoms with van der Waals surface area (Å²) in [5.41, 5.74) is 0.414. The molecule has 1 atom stereocenters. The number of carbonyl (C=O) groups excluding carboxylic acids is 1. The number of nitrogens with zero attached hydrogens (tertiary/aromatic N) is 7. The molecule has 0 unspecified atom stereocenters. The van der Waals surface area contributed by atoms with Gasteiger partial charge in [0.05, 0.1) is 17.8 Å². The standard InChI is InChI=1S/C27H27ClF3N7O3/c28-19-11-9-18(10-12-19)24-34-37(26(41)36(24)15-22(39)27(29,30)31)16-23-32-17-38(33-23)21-8-4-3-7-20(21)25(40)35-13-5-1-2-6-14-35/h3-4,7-12,17,22,39H,1-2,5-6,13-16H2/t22-/m0/s1. The van der Waals surface area contributed by atoms with Crippen molar-refractivity contribution in [3.05, 3.63) is 81.8 Å². The van der Waals surface area contributed by atoms with Gasteiger partial charge < -0.3 is 10.0 Å². The number of aliphatic hydroxyl groups is 1. The van der Waals surface area contributed by atoms with E-state index in [0.717, 1.165) is 34.9 Å². The molecule has 14 heteroatoms. The fourth-order valence-electron chi connectivity index (χ4n) is 4.72. The Morgan fingerprint density at radius 2 is 1.68 bits per heavy atom. The van der Waals surface area contributed by atoms with Crippen LogP contribution in [0.5, 0.6) is 0 Å². The van der Waals surface area contributed by atoms with Crippen LogP contribution in [0.1, 0.15) is 41.9 Å². The number of hydrogen-bond donors (Lipinski definition) is 1. The highest BCUT2D eigenvalue weighted by molar-refractivity contribution is 6.30. The molecule has 5 rings (SSSR count). The monoisotopic (exact) mass is 589 g/mol. The summed E-state index contributed by atoms with van der Waals surface area (Å²) in [7, 11) is 0. The van der Waals surface area contributed by atoms with E-state index in [4.69, 9.17) is 11.6 Å². The number of hydrogen-bond acceptors (Lipinski definition) is 6. The molecule has 1 saturated heterocycles. The van der Waals surface area contributed by atoms with Gasteiger partial charge in [0, 0.05) is 23.7 Å². The Bertz CT molecular complexity index is 1570. The van der Waals surface area contributed by atoms with E-state index in [0.29, 0.717) is 34.9 Å². The molecule has 2 aromatic carbocycles. The number of rotatable bonds is 7. The van der Waals surface area contributed by atoms with Crippen LogP contribution in [0.15, 0.2) is 59.7 Å². The van der Waals surface area contributed by atoms with E-state index in [9.17, 15) is 27.9 Å². The van der Waals surface area contributed by atoms with E-state index in [1.807, 2.05) is 4.90 Å². The largest absolute Gasteiger partial charge is 0.416 e. The van der Waals surface area contributed by atoms with Crippen LogP contribution in [0, 0.1) is 0 Å². The van der Waals surface area contributed by atoms with Crippen molar-refractivity contribution in [1.82, 2.24) is 34.0 Å². The summed E-state index contributed by atoms with van der Waals surface area (Å²) < 4.78 is 42.5. The first-order valence-electron chi connectivity index (χ1n) is 13.1. The second-order valence-electron chi connectivity index (χ2n) is 9.77. The maximum absolute atomic E-state index is 13.3. The molecule has 1 aliphatic rings. The van der Waals surface area contributed by atoms with Gasteiger partial charge in [-0.1, -0.05) is 36.6 Å². The summed E-state index contributed by atoms with van der Waals surface area (Å²) in [6, 6.07) is 13.0. The number of likely N-dealkylation sites (tertiary alicyclic amines) is 1. The highest BCUT2D eigenvalue weighted by Gasteiger charge is 2.39. The molecule has 41 heavy (non-hydrogen) atoms. The topological polar surface area (TPSA) is 111 Å². The van der Waals surface area contributed by atoms with Gasteiger partial charge in [-0.05, 0) is 49.2 Å². The number of benzene rings is 2. The van der Waals surface area contributed by atoms with Crippen LogP contribution >= 0.6 is 11.6 Å². The zero-order valence-electron chi connectivity index (χ0n) is 21.8. The second-order valence-corrected chi connectivity index (χ2v) is 10.2. The molecule has 216 valence electrons. The van der Waals surface area contributed by atoms with Crippen LogP contribution in [0.2, 0.25) is 5.02 Å². The minimum absolute atomic E-state index is 0.0807. The Balaban J connectivity index is 1.45. The summed E-state index contributed by atoms with van der Waals surface area (Å²) in [5, 5.41) is 18.7. The van der Waals surface area contributed by atoms with E-state index in [1.165, 1.54) is 35.3 Å². The highest BCUT2D eigenvalue weighted by atomic mass is 35.5. The van der Waals surface area contributed by atoms with Crippen molar-refractivity contribution in [3.63, 3.8) is 0 Å². The van der Waals surface area contributed by atoms with E-state index in [2.05, 4.69) is 15.2 Å². The van der Waals surface area contributed by atoms with Gasteiger partial charge in [-0.3, -0.25) is 9.36 Å². The Labute approximate surface area is 237 Å². The number of aromatic nitrogens is 6. The van der Waals surface area contributed by atoms with Crippen LogP contribution in [0.3, 0.4) is 0 Å². The summed E-state index contributed by atoms with van der Waals surface area (Å²) in [5.74, 6) is -0.0408. The van der Waals surface area contributed by atoms with Crippen molar-refractivity contribution in [2.24, 2.45) is 0 Å². The van der Waals surface area contributed by atoms with Crippen molar-refractivity contribution in [2.75, 3.05) is 13.1 Å². The molecule has 10 nitrogen and oxygen atoms in total. The second kappa shape index (κ2) is 11.9. The van der Waals surface area contributed by atoms with Gasteiger partial charge in [-0.25, -0.2) is 19.1 Å². The van der Waals surface area contributed by atoms with Gasteiger partial charge in [0.1, 0.15) is 12.9 Å². The Hall–Kier alpha value is -3.97. The molecular formula is C27H27ClF3N7O3. The first-order chi connectivity index (χ1) is 19.6. The van der Waals surface area contributed by atoms with Crippen molar-refractivity contribution < 1.29 is 23.1 Å². The molecule has 1 aliphatic heterocycles. The normalized spacial score (nSPS) is 15.1. The summed E-state index contributed by atoms with van der Waals surface area (Å²) >= 11 is 5.94. The molecule has 0 aliphatic carbocycles. The van der Waals surface area contributed by atoms with Crippen LogP contribution in [0.25, 0.3) is 17.1 Å². The van der Waals surface area contributed by atoms with Gasteiger partial charge in [-0.2, -0.15) is 13.2 Å². The molecule has 0 saturated carbocycles. The summed E-state index contributed by atoms with van der Waals surface area (Å²) in [4.78, 5) is 32.6. The molecule has 0 radical (unpaired) electrons. The zero-order valence-corrected chi connectivity index (χ0v) is 22.6. The third kappa shape index (κ3) is 6.35. The molecule has 4 aromatic rings. The smallest absolute Gasteiger partial charge is 0.382 e. The third-order valence-electron chi connectivity index (χ3n) is 6.86. The van der Waals surface area contributed by atoms with Gasteiger partial charge in [-0.15, -0.1) is 10.2 Å². The van der Waals surface area contributed by atoms with Crippen molar-refractivity contribution in [3.8, 4) is 17.1 Å². The van der Waals surface area contributed by atoms with Crippen LogP contribution in [-0.2, 0) is 13.1 Å².